The van der Waals surface area contributed by atoms with Gasteiger partial charge in [0.25, 0.3) is 0 Å². The topological polar surface area (TPSA) is 34.1 Å². The van der Waals surface area contributed by atoms with Gasteiger partial charge in [-0.25, -0.2) is 0 Å². The Kier molecular flexibility index (Phi) is 5.79. The molecule has 0 aromatic rings. The Balaban J connectivity index is 1.52. The van der Waals surface area contributed by atoms with E-state index in [4.69, 9.17) is 0 Å². The van der Waals surface area contributed by atoms with E-state index >= 15 is 0 Å². The van der Waals surface area contributed by atoms with E-state index in [1.165, 1.54) is 44.9 Å². The van der Waals surface area contributed by atoms with Crippen LogP contribution in [0.4, 0.5) is 0 Å². The van der Waals surface area contributed by atoms with Gasteiger partial charge in [0.15, 0.2) is 0 Å². The van der Waals surface area contributed by atoms with Crippen molar-refractivity contribution in [3.63, 3.8) is 0 Å². The Bertz CT molecular complexity index is 651. The van der Waals surface area contributed by atoms with E-state index in [1.807, 2.05) is 0 Å². The Hall–Kier alpha value is -0.660. The second-order valence-electron chi connectivity index (χ2n) is 12.4. The standard InChI is InChI=1S/C27H44O2/c1-17(2)7-6-8-18(3)21-9-10-22-25-23(12-14-27(21,22)5)26(4)13-11-20(28)15-19(26)16-24(25)29/h17-19,21-23,25H,6-16H2,1-5H3/t18-,19+,21+,22-,23+,25+,26-,27+/m0/s1. The lowest BCUT2D eigenvalue weighted by atomic mass is 9.44. The van der Waals surface area contributed by atoms with Crippen LogP contribution in [0, 0.1) is 52.3 Å². The Morgan fingerprint density at radius 2 is 1.62 bits per heavy atom. The molecule has 0 N–H and O–H groups in total. The first-order valence-electron chi connectivity index (χ1n) is 12.7. The van der Waals surface area contributed by atoms with Crippen molar-refractivity contribution in [2.45, 2.75) is 105 Å². The maximum Gasteiger partial charge on any atom is 0.136 e. The quantitative estimate of drug-likeness (QED) is 0.505. The van der Waals surface area contributed by atoms with Crippen molar-refractivity contribution in [2.24, 2.45) is 52.3 Å². The Morgan fingerprint density at radius 3 is 2.34 bits per heavy atom. The first-order chi connectivity index (χ1) is 13.7. The average molecular weight is 401 g/mol. The van der Waals surface area contributed by atoms with E-state index in [0.29, 0.717) is 47.6 Å². The SMILES string of the molecule is CC(C)CCC[C@H](C)[C@H]1CC[C@H]2[C@H]3C(=O)C[C@H]4CC(=O)CC[C@]4(C)[C@@H]3CC[C@]12C. The molecule has 4 fully saturated rings. The molecule has 0 bridgehead atoms. The van der Waals surface area contributed by atoms with Gasteiger partial charge in [-0.3, -0.25) is 9.59 Å². The smallest absolute Gasteiger partial charge is 0.136 e. The zero-order valence-corrected chi connectivity index (χ0v) is 19.6. The molecular formula is C27H44O2. The molecule has 0 saturated heterocycles. The summed E-state index contributed by atoms with van der Waals surface area (Å²) in [7, 11) is 0. The lowest BCUT2D eigenvalue weighted by Gasteiger charge is -2.59. The first kappa shape index (κ1) is 21.6. The minimum Gasteiger partial charge on any atom is -0.300 e. The summed E-state index contributed by atoms with van der Waals surface area (Å²) in [6.45, 7) is 12.2. The summed E-state index contributed by atoms with van der Waals surface area (Å²) in [6.07, 6.45) is 12.3. The summed E-state index contributed by atoms with van der Waals surface area (Å²) >= 11 is 0. The van der Waals surface area contributed by atoms with Crippen LogP contribution in [0.15, 0.2) is 0 Å². The molecule has 0 heterocycles. The van der Waals surface area contributed by atoms with Crippen LogP contribution in [0.1, 0.15) is 105 Å². The van der Waals surface area contributed by atoms with E-state index in [0.717, 1.165) is 30.6 Å². The van der Waals surface area contributed by atoms with Crippen LogP contribution in [0.3, 0.4) is 0 Å². The van der Waals surface area contributed by atoms with Gasteiger partial charge in [-0.2, -0.15) is 0 Å². The molecule has 0 radical (unpaired) electrons. The van der Waals surface area contributed by atoms with Crippen LogP contribution in [-0.2, 0) is 9.59 Å². The highest BCUT2D eigenvalue weighted by Gasteiger charge is 2.62. The summed E-state index contributed by atoms with van der Waals surface area (Å²) in [6, 6.07) is 0. The monoisotopic (exact) mass is 400 g/mol. The molecule has 8 atom stereocenters. The van der Waals surface area contributed by atoms with Gasteiger partial charge in [-0.1, -0.05) is 53.9 Å². The molecule has 0 aromatic carbocycles. The second-order valence-corrected chi connectivity index (χ2v) is 12.4. The molecule has 0 spiro atoms. The second kappa shape index (κ2) is 7.79. The third-order valence-corrected chi connectivity index (χ3v) is 10.5. The third-order valence-electron chi connectivity index (χ3n) is 10.5. The number of ketones is 2. The fraction of sp³-hybridized carbons (Fsp3) is 0.926. The molecule has 2 nitrogen and oxygen atoms in total. The minimum atomic E-state index is 0.231. The van der Waals surface area contributed by atoms with Crippen LogP contribution in [-0.4, -0.2) is 11.6 Å². The Labute approximate surface area is 179 Å². The molecule has 4 aliphatic rings. The van der Waals surface area contributed by atoms with Crippen molar-refractivity contribution in [2.75, 3.05) is 0 Å². The molecule has 0 unspecified atom stereocenters. The molecule has 0 aliphatic heterocycles. The van der Waals surface area contributed by atoms with Crippen molar-refractivity contribution in [1.82, 2.24) is 0 Å². The maximum absolute atomic E-state index is 13.4. The normalized spacial score (nSPS) is 45.7. The number of fused-ring (bicyclic) bond motifs is 5. The van der Waals surface area contributed by atoms with Crippen LogP contribution in [0.5, 0.6) is 0 Å². The largest absolute Gasteiger partial charge is 0.300 e. The van der Waals surface area contributed by atoms with Crippen molar-refractivity contribution >= 4 is 11.6 Å². The fourth-order valence-corrected chi connectivity index (χ4v) is 8.75. The fourth-order valence-electron chi connectivity index (χ4n) is 8.75. The van der Waals surface area contributed by atoms with Crippen LogP contribution in [0.25, 0.3) is 0 Å². The molecule has 0 aromatic heterocycles. The van der Waals surface area contributed by atoms with Gasteiger partial charge in [0.2, 0.25) is 0 Å². The van der Waals surface area contributed by atoms with Crippen LogP contribution in [0.2, 0.25) is 0 Å². The highest BCUT2D eigenvalue weighted by atomic mass is 16.1. The number of carbonyl (C=O) groups is 2. The summed E-state index contributed by atoms with van der Waals surface area (Å²) < 4.78 is 0. The van der Waals surface area contributed by atoms with Crippen LogP contribution >= 0.6 is 0 Å². The number of Topliss-reactive ketones (excluding diaryl/α,β-unsaturated/α-hetero) is 2. The molecule has 29 heavy (non-hydrogen) atoms. The highest BCUT2D eigenvalue weighted by molar-refractivity contribution is 5.86. The summed E-state index contributed by atoms with van der Waals surface area (Å²) in [5.41, 5.74) is 0.594. The van der Waals surface area contributed by atoms with Crippen molar-refractivity contribution in [3.8, 4) is 0 Å². The van der Waals surface area contributed by atoms with E-state index < -0.39 is 0 Å². The number of hydrogen-bond donors (Lipinski definition) is 0. The van der Waals surface area contributed by atoms with Gasteiger partial charge in [0.1, 0.15) is 11.6 Å². The van der Waals surface area contributed by atoms with Gasteiger partial charge < -0.3 is 0 Å². The van der Waals surface area contributed by atoms with Crippen molar-refractivity contribution in [3.05, 3.63) is 0 Å². The third kappa shape index (κ3) is 3.55. The molecule has 2 heteroatoms. The molecular weight excluding hydrogens is 356 g/mol. The van der Waals surface area contributed by atoms with Gasteiger partial charge in [0.05, 0.1) is 0 Å². The summed E-state index contributed by atoms with van der Waals surface area (Å²) in [4.78, 5) is 25.5. The zero-order chi connectivity index (χ0) is 21.0. The Morgan fingerprint density at radius 1 is 0.897 bits per heavy atom. The molecule has 164 valence electrons. The van der Waals surface area contributed by atoms with Crippen molar-refractivity contribution in [1.29, 1.82) is 0 Å². The predicted octanol–water partition coefficient (Wildman–Crippen LogP) is 6.86. The number of rotatable bonds is 5. The first-order valence-corrected chi connectivity index (χ1v) is 12.7. The van der Waals surface area contributed by atoms with E-state index in [1.54, 1.807) is 0 Å². The zero-order valence-electron chi connectivity index (χ0n) is 19.6. The van der Waals surface area contributed by atoms with E-state index in [2.05, 4.69) is 34.6 Å². The average Bonchev–Trinajstić information content (AvgIpc) is 3.00. The highest BCUT2D eigenvalue weighted by Crippen LogP contribution is 2.67. The number of carbonyl (C=O) groups excluding carboxylic acids is 2. The van der Waals surface area contributed by atoms with Crippen LogP contribution < -0.4 is 0 Å². The number of hydrogen-bond acceptors (Lipinski definition) is 2. The van der Waals surface area contributed by atoms with E-state index in [-0.39, 0.29) is 11.3 Å². The van der Waals surface area contributed by atoms with Gasteiger partial charge in [-0.05, 0) is 78.4 Å². The van der Waals surface area contributed by atoms with Gasteiger partial charge in [0, 0.05) is 25.2 Å². The van der Waals surface area contributed by atoms with Gasteiger partial charge >= 0.3 is 0 Å². The maximum atomic E-state index is 13.4. The molecule has 4 aliphatic carbocycles. The lowest BCUT2D eigenvalue weighted by molar-refractivity contribution is -0.159. The van der Waals surface area contributed by atoms with Crippen molar-refractivity contribution < 1.29 is 9.59 Å². The molecule has 4 rings (SSSR count). The van der Waals surface area contributed by atoms with Gasteiger partial charge in [-0.15, -0.1) is 0 Å². The lowest BCUT2D eigenvalue weighted by Crippen LogP contribution is -2.57. The molecule has 0 amide bonds. The predicted molar refractivity (Wildman–Crippen MR) is 118 cm³/mol. The summed E-state index contributed by atoms with van der Waals surface area (Å²) in [5.74, 6) is 5.07. The molecule has 4 saturated carbocycles. The summed E-state index contributed by atoms with van der Waals surface area (Å²) in [5, 5.41) is 0. The van der Waals surface area contributed by atoms with E-state index in [9.17, 15) is 9.59 Å². The minimum absolute atomic E-state index is 0.231.